The van der Waals surface area contributed by atoms with Crippen LogP contribution in [0, 0.1) is 5.41 Å². The lowest BCUT2D eigenvalue weighted by Crippen LogP contribution is -2.57. The molecule has 3 aromatic rings. The number of H-pyrrole nitrogens is 1. The van der Waals surface area contributed by atoms with Gasteiger partial charge in [0.2, 0.25) is 5.78 Å². The van der Waals surface area contributed by atoms with E-state index >= 15 is 0 Å². The van der Waals surface area contributed by atoms with Crippen LogP contribution in [0.1, 0.15) is 58.2 Å². The molecule has 2 amide bonds. The van der Waals surface area contributed by atoms with E-state index in [2.05, 4.69) is 20.5 Å². The number of nitrogens with zero attached hydrogens (tertiary/aromatic N) is 4. The molecule has 0 fully saturated rings. The van der Waals surface area contributed by atoms with Crippen LogP contribution in [0.4, 0.5) is 10.6 Å². The Kier molecular flexibility index (Phi) is 9.21. The number of carboxylic acid groups (broad SMARTS) is 1. The predicted molar refractivity (Wildman–Crippen MR) is 140 cm³/mol. The minimum Gasteiger partial charge on any atom is -0.465 e. The second-order valence-corrected chi connectivity index (χ2v) is 10.2. The highest BCUT2D eigenvalue weighted by atomic mass is 16.4. The summed E-state index contributed by atoms with van der Waals surface area (Å²) in [6.45, 7) is 8.04. The van der Waals surface area contributed by atoms with Gasteiger partial charge < -0.3 is 15.0 Å². The molecule has 0 aliphatic carbocycles. The number of aromatic nitrogens is 4. The molecule has 10 nitrogen and oxygen atoms in total. The summed E-state index contributed by atoms with van der Waals surface area (Å²) in [6, 6.07) is 9.76. The molecule has 0 unspecified atom stereocenters. The Labute approximate surface area is 217 Å². The van der Waals surface area contributed by atoms with E-state index in [-0.39, 0.29) is 18.8 Å². The number of anilines is 1. The number of unbranched alkanes of at least 4 members (excludes halogenated alkanes) is 1. The molecule has 198 valence electrons. The SMILES string of the molecule is CCCC[C@H](C(=O)C(=O)Nc1ccn[nH]1)N(C(=O)O)[C@H](Cn1cnc(Cc2ccccc2)c1)C(C)(C)C. The molecule has 2 heterocycles. The van der Waals surface area contributed by atoms with E-state index < -0.39 is 35.3 Å². The number of hydrogen-bond acceptors (Lipinski definition) is 5. The number of aromatic amines is 1. The Balaban J connectivity index is 1.88. The van der Waals surface area contributed by atoms with Crippen LogP contribution >= 0.6 is 0 Å². The number of amides is 2. The van der Waals surface area contributed by atoms with E-state index in [1.807, 2.05) is 68.8 Å². The van der Waals surface area contributed by atoms with Gasteiger partial charge in [0, 0.05) is 25.2 Å². The van der Waals surface area contributed by atoms with Crippen LogP contribution in [0.15, 0.2) is 55.1 Å². The maximum Gasteiger partial charge on any atom is 0.408 e. The number of Topliss-reactive ketones (excluding diaryl/α,β-unsaturated/α-hetero) is 1. The molecular formula is C27H36N6O4. The maximum absolute atomic E-state index is 13.3. The Morgan fingerprint density at radius 3 is 2.49 bits per heavy atom. The maximum atomic E-state index is 13.3. The van der Waals surface area contributed by atoms with E-state index in [1.165, 1.54) is 17.2 Å². The molecular weight excluding hydrogens is 472 g/mol. The number of nitrogens with one attached hydrogen (secondary N) is 2. The lowest BCUT2D eigenvalue weighted by Gasteiger charge is -2.42. The van der Waals surface area contributed by atoms with Crippen LogP contribution in [0.25, 0.3) is 0 Å². The van der Waals surface area contributed by atoms with Crippen molar-refractivity contribution in [2.45, 2.75) is 72.0 Å². The fourth-order valence-corrected chi connectivity index (χ4v) is 4.32. The van der Waals surface area contributed by atoms with Crippen molar-refractivity contribution in [1.82, 2.24) is 24.6 Å². The van der Waals surface area contributed by atoms with Crippen LogP contribution in [-0.2, 0) is 22.6 Å². The Hall–Kier alpha value is -3.95. The zero-order chi connectivity index (χ0) is 27.0. The van der Waals surface area contributed by atoms with Gasteiger partial charge >= 0.3 is 6.09 Å². The molecule has 0 bridgehead atoms. The third-order valence-electron chi connectivity index (χ3n) is 6.30. The second kappa shape index (κ2) is 12.3. The summed E-state index contributed by atoms with van der Waals surface area (Å²) in [5.74, 6) is -1.40. The fraction of sp³-hybridized carbons (Fsp3) is 0.444. The van der Waals surface area contributed by atoms with Crippen molar-refractivity contribution >= 4 is 23.6 Å². The summed E-state index contributed by atoms with van der Waals surface area (Å²) in [4.78, 5) is 44.5. The van der Waals surface area contributed by atoms with E-state index in [0.717, 1.165) is 17.7 Å². The average molecular weight is 509 g/mol. The lowest BCUT2D eigenvalue weighted by atomic mass is 9.84. The van der Waals surface area contributed by atoms with Gasteiger partial charge in [-0.2, -0.15) is 5.10 Å². The predicted octanol–water partition coefficient (Wildman–Crippen LogP) is 4.36. The van der Waals surface area contributed by atoms with Gasteiger partial charge in [0.05, 0.1) is 24.3 Å². The van der Waals surface area contributed by atoms with Gasteiger partial charge in [-0.3, -0.25) is 19.6 Å². The van der Waals surface area contributed by atoms with Crippen molar-refractivity contribution in [3.63, 3.8) is 0 Å². The molecule has 3 N–H and O–H groups in total. The molecule has 0 saturated heterocycles. The molecule has 0 aliphatic rings. The number of rotatable bonds is 12. The second-order valence-electron chi connectivity index (χ2n) is 10.2. The highest BCUT2D eigenvalue weighted by Gasteiger charge is 2.42. The molecule has 2 aromatic heterocycles. The smallest absolute Gasteiger partial charge is 0.408 e. The van der Waals surface area contributed by atoms with Crippen LogP contribution in [-0.4, -0.2) is 59.6 Å². The minimum absolute atomic E-state index is 0.244. The van der Waals surface area contributed by atoms with Crippen molar-refractivity contribution in [3.8, 4) is 0 Å². The molecule has 2 atom stereocenters. The van der Waals surface area contributed by atoms with Crippen molar-refractivity contribution in [2.75, 3.05) is 5.32 Å². The zero-order valence-electron chi connectivity index (χ0n) is 21.8. The standard InChI is InChI=1S/C27H36N6O4/c1-5-6-12-21(24(34)25(35)30-23-13-14-29-31-23)33(26(36)37)22(27(2,3)4)17-32-16-20(28-18-32)15-19-10-8-7-9-11-19/h7-11,13-14,16,18,21-22H,5-6,12,15,17H2,1-4H3,(H,36,37)(H2,29,30,31,35)/t21-,22-/m1/s1. The molecule has 37 heavy (non-hydrogen) atoms. The van der Waals surface area contributed by atoms with Gasteiger partial charge in [-0.25, -0.2) is 9.78 Å². The number of ketones is 1. The van der Waals surface area contributed by atoms with Crippen LogP contribution in [0.3, 0.4) is 0 Å². The van der Waals surface area contributed by atoms with Crippen molar-refractivity contribution < 1.29 is 19.5 Å². The fourth-order valence-electron chi connectivity index (χ4n) is 4.32. The minimum atomic E-state index is -1.24. The van der Waals surface area contributed by atoms with Crippen LogP contribution in [0.2, 0.25) is 0 Å². The monoisotopic (exact) mass is 508 g/mol. The number of imidazole rings is 1. The van der Waals surface area contributed by atoms with Crippen molar-refractivity contribution in [2.24, 2.45) is 5.41 Å². The number of benzene rings is 1. The summed E-state index contributed by atoms with van der Waals surface area (Å²) in [5.41, 5.74) is 1.45. The molecule has 0 radical (unpaired) electrons. The molecule has 1 aromatic carbocycles. The first-order valence-electron chi connectivity index (χ1n) is 12.5. The average Bonchev–Trinajstić information content (AvgIpc) is 3.52. The van der Waals surface area contributed by atoms with Crippen molar-refractivity contribution in [3.05, 3.63) is 66.4 Å². The topological polar surface area (TPSA) is 133 Å². The molecule has 0 saturated carbocycles. The first-order valence-corrected chi connectivity index (χ1v) is 12.5. The van der Waals surface area contributed by atoms with E-state index in [9.17, 15) is 19.5 Å². The zero-order valence-corrected chi connectivity index (χ0v) is 21.8. The summed E-state index contributed by atoms with van der Waals surface area (Å²) in [7, 11) is 0. The largest absolute Gasteiger partial charge is 0.465 e. The summed E-state index contributed by atoms with van der Waals surface area (Å²) in [5, 5.41) is 19.2. The Morgan fingerprint density at radius 2 is 1.89 bits per heavy atom. The number of carbonyl (C=O) groups excluding carboxylic acids is 2. The van der Waals surface area contributed by atoms with E-state index in [4.69, 9.17) is 0 Å². The third kappa shape index (κ3) is 7.52. The van der Waals surface area contributed by atoms with Gasteiger partial charge in [0.1, 0.15) is 11.9 Å². The van der Waals surface area contributed by atoms with Gasteiger partial charge in [0.25, 0.3) is 5.91 Å². The summed E-state index contributed by atoms with van der Waals surface area (Å²) < 4.78 is 1.86. The highest BCUT2D eigenvalue weighted by Crippen LogP contribution is 2.30. The first-order chi connectivity index (χ1) is 17.6. The van der Waals surface area contributed by atoms with Gasteiger partial charge in [0.15, 0.2) is 0 Å². The van der Waals surface area contributed by atoms with Gasteiger partial charge in [-0.05, 0) is 17.4 Å². The van der Waals surface area contributed by atoms with E-state index in [1.54, 1.807) is 6.33 Å². The van der Waals surface area contributed by atoms with Gasteiger partial charge in [-0.1, -0.05) is 70.9 Å². The highest BCUT2D eigenvalue weighted by molar-refractivity contribution is 6.42. The quantitative estimate of drug-likeness (QED) is 0.311. The Bertz CT molecular complexity index is 1170. The number of carbonyl (C=O) groups is 3. The summed E-state index contributed by atoms with van der Waals surface area (Å²) >= 11 is 0. The Morgan fingerprint density at radius 1 is 1.16 bits per heavy atom. The van der Waals surface area contributed by atoms with Gasteiger partial charge in [-0.15, -0.1) is 0 Å². The molecule has 0 spiro atoms. The lowest BCUT2D eigenvalue weighted by molar-refractivity contribution is -0.139. The van der Waals surface area contributed by atoms with Crippen LogP contribution in [0.5, 0.6) is 0 Å². The summed E-state index contributed by atoms with van der Waals surface area (Å²) in [6.07, 6.45) is 6.05. The number of hydrogen-bond donors (Lipinski definition) is 3. The molecule has 10 heteroatoms. The van der Waals surface area contributed by atoms with Crippen molar-refractivity contribution in [1.29, 1.82) is 0 Å². The first kappa shape index (κ1) is 27.6. The third-order valence-corrected chi connectivity index (χ3v) is 6.30. The molecule has 3 rings (SSSR count). The van der Waals surface area contributed by atoms with Crippen LogP contribution < -0.4 is 5.32 Å². The van der Waals surface area contributed by atoms with E-state index in [0.29, 0.717) is 12.8 Å². The molecule has 0 aliphatic heterocycles. The normalized spacial score (nSPS) is 13.1.